The molecule has 1 N–H and O–H groups in total. The Balaban J connectivity index is 1.72. The first-order valence-electron chi connectivity index (χ1n) is 9.69. The Morgan fingerprint density at radius 2 is 1.71 bits per heavy atom. The molecule has 2 heteroatoms. The Hall–Kier alpha value is -0.0800. The summed E-state index contributed by atoms with van der Waals surface area (Å²) in [6.07, 6.45) is 12.9. The van der Waals surface area contributed by atoms with Crippen molar-refractivity contribution >= 4 is 0 Å². The lowest BCUT2D eigenvalue weighted by Gasteiger charge is -2.53. The van der Waals surface area contributed by atoms with Gasteiger partial charge in [0, 0.05) is 30.7 Å². The quantitative estimate of drug-likeness (QED) is 0.817. The molecule has 122 valence electrons. The zero-order chi connectivity index (χ0) is 14.9. The first-order valence-corrected chi connectivity index (χ1v) is 9.69. The largest absolute Gasteiger partial charge is 0.311 e. The molecule has 3 fully saturated rings. The molecule has 0 aromatic heterocycles. The fraction of sp³-hybridized carbons (Fsp3) is 1.00. The summed E-state index contributed by atoms with van der Waals surface area (Å²) in [5.74, 6) is 1.90. The standard InChI is InChI=1S/C19H36N2/c1-4-17(5-2)21-13-18(15-9-7-6-8-10-15)20-14-19(21,3)16-11-12-16/h15-18,20H,4-14H2,1-3H3. The van der Waals surface area contributed by atoms with Crippen LogP contribution in [0.5, 0.6) is 0 Å². The molecule has 2 unspecified atom stereocenters. The van der Waals surface area contributed by atoms with Crippen LogP contribution < -0.4 is 5.32 Å². The predicted molar refractivity (Wildman–Crippen MR) is 90.6 cm³/mol. The van der Waals surface area contributed by atoms with Gasteiger partial charge in [-0.25, -0.2) is 0 Å². The number of piperazine rings is 1. The SMILES string of the molecule is CCC(CC)N1CC(C2CCCCC2)NCC1(C)C1CC1. The van der Waals surface area contributed by atoms with E-state index in [0.717, 1.165) is 23.9 Å². The molecule has 0 bridgehead atoms. The second-order valence-electron chi connectivity index (χ2n) is 8.14. The monoisotopic (exact) mass is 292 g/mol. The van der Waals surface area contributed by atoms with Gasteiger partial charge in [0.2, 0.25) is 0 Å². The van der Waals surface area contributed by atoms with Crippen LogP contribution in [0.15, 0.2) is 0 Å². The van der Waals surface area contributed by atoms with Crippen LogP contribution in [-0.2, 0) is 0 Å². The average molecular weight is 293 g/mol. The van der Waals surface area contributed by atoms with Crippen molar-refractivity contribution in [1.82, 2.24) is 10.2 Å². The summed E-state index contributed by atoms with van der Waals surface area (Å²) in [6, 6.07) is 1.56. The molecular formula is C19H36N2. The lowest BCUT2D eigenvalue weighted by Crippen LogP contribution is -2.68. The van der Waals surface area contributed by atoms with Gasteiger partial charge in [0.25, 0.3) is 0 Å². The molecule has 2 atom stereocenters. The summed E-state index contributed by atoms with van der Waals surface area (Å²) < 4.78 is 0. The van der Waals surface area contributed by atoms with Gasteiger partial charge in [-0.2, -0.15) is 0 Å². The third-order valence-corrected chi connectivity index (χ3v) is 6.83. The fourth-order valence-corrected chi connectivity index (χ4v) is 5.16. The van der Waals surface area contributed by atoms with Gasteiger partial charge in [-0.1, -0.05) is 33.1 Å². The maximum Gasteiger partial charge on any atom is 0.0337 e. The summed E-state index contributed by atoms with van der Waals surface area (Å²) in [6.45, 7) is 9.87. The van der Waals surface area contributed by atoms with Gasteiger partial charge in [0.1, 0.15) is 0 Å². The number of nitrogens with zero attached hydrogens (tertiary/aromatic N) is 1. The van der Waals surface area contributed by atoms with Crippen molar-refractivity contribution in [2.75, 3.05) is 13.1 Å². The van der Waals surface area contributed by atoms with Crippen molar-refractivity contribution in [1.29, 1.82) is 0 Å². The molecule has 0 spiro atoms. The molecule has 2 nitrogen and oxygen atoms in total. The minimum Gasteiger partial charge on any atom is -0.311 e. The van der Waals surface area contributed by atoms with Gasteiger partial charge in [0.15, 0.2) is 0 Å². The number of hydrogen-bond acceptors (Lipinski definition) is 2. The molecule has 1 heterocycles. The van der Waals surface area contributed by atoms with Crippen molar-refractivity contribution in [2.45, 2.75) is 96.2 Å². The normalized spacial score (nSPS) is 36.3. The summed E-state index contributed by atoms with van der Waals surface area (Å²) in [5, 5.41) is 3.99. The zero-order valence-corrected chi connectivity index (χ0v) is 14.5. The topological polar surface area (TPSA) is 15.3 Å². The maximum atomic E-state index is 3.99. The van der Waals surface area contributed by atoms with Gasteiger partial charge in [0.05, 0.1) is 0 Å². The minimum absolute atomic E-state index is 0.432. The van der Waals surface area contributed by atoms with Crippen LogP contribution in [0.2, 0.25) is 0 Å². The molecule has 3 aliphatic rings. The molecule has 0 aromatic carbocycles. The Kier molecular flexibility index (Phi) is 4.95. The third kappa shape index (κ3) is 3.17. The highest BCUT2D eigenvalue weighted by atomic mass is 15.3. The van der Waals surface area contributed by atoms with Gasteiger partial charge in [-0.15, -0.1) is 0 Å². The summed E-state index contributed by atoms with van der Waals surface area (Å²) >= 11 is 0. The van der Waals surface area contributed by atoms with Crippen molar-refractivity contribution in [2.24, 2.45) is 11.8 Å². The van der Waals surface area contributed by atoms with Crippen LogP contribution in [0.4, 0.5) is 0 Å². The van der Waals surface area contributed by atoms with Crippen LogP contribution in [0.25, 0.3) is 0 Å². The van der Waals surface area contributed by atoms with Gasteiger partial charge < -0.3 is 5.32 Å². The minimum atomic E-state index is 0.432. The first kappa shape index (κ1) is 15.8. The predicted octanol–water partition coefficient (Wildman–Crippen LogP) is 4.20. The van der Waals surface area contributed by atoms with E-state index in [-0.39, 0.29) is 0 Å². The lowest BCUT2D eigenvalue weighted by atomic mass is 9.79. The zero-order valence-electron chi connectivity index (χ0n) is 14.5. The lowest BCUT2D eigenvalue weighted by molar-refractivity contribution is -0.0180. The Bertz CT molecular complexity index is 328. The van der Waals surface area contributed by atoms with Crippen molar-refractivity contribution in [3.8, 4) is 0 Å². The van der Waals surface area contributed by atoms with Crippen LogP contribution in [0.3, 0.4) is 0 Å². The van der Waals surface area contributed by atoms with Crippen LogP contribution in [0.1, 0.15) is 78.6 Å². The van der Waals surface area contributed by atoms with Crippen molar-refractivity contribution in [3.05, 3.63) is 0 Å². The van der Waals surface area contributed by atoms with Crippen LogP contribution >= 0.6 is 0 Å². The highest BCUT2D eigenvalue weighted by Gasteiger charge is 2.50. The first-order chi connectivity index (χ1) is 10.2. The van der Waals surface area contributed by atoms with Crippen LogP contribution in [0, 0.1) is 11.8 Å². The Morgan fingerprint density at radius 3 is 2.29 bits per heavy atom. The smallest absolute Gasteiger partial charge is 0.0337 e. The molecule has 1 saturated heterocycles. The summed E-state index contributed by atoms with van der Waals surface area (Å²) in [5.41, 5.74) is 0.432. The Labute approximate surface area is 132 Å². The molecule has 21 heavy (non-hydrogen) atoms. The van der Waals surface area contributed by atoms with Gasteiger partial charge >= 0.3 is 0 Å². The molecule has 2 aliphatic carbocycles. The highest BCUT2D eigenvalue weighted by Crippen LogP contribution is 2.46. The second kappa shape index (κ2) is 6.58. The van der Waals surface area contributed by atoms with E-state index in [1.165, 1.54) is 70.9 Å². The second-order valence-corrected chi connectivity index (χ2v) is 8.14. The number of nitrogens with one attached hydrogen (secondary N) is 1. The maximum absolute atomic E-state index is 3.99. The fourth-order valence-electron chi connectivity index (χ4n) is 5.16. The van der Waals surface area contributed by atoms with Crippen molar-refractivity contribution < 1.29 is 0 Å². The molecule has 2 saturated carbocycles. The summed E-state index contributed by atoms with van der Waals surface area (Å²) in [7, 11) is 0. The van der Waals surface area contributed by atoms with E-state index in [4.69, 9.17) is 0 Å². The molecule has 0 aromatic rings. The average Bonchev–Trinajstić information content (AvgIpc) is 3.36. The van der Waals surface area contributed by atoms with E-state index in [0.29, 0.717) is 5.54 Å². The molecule has 0 amide bonds. The number of rotatable bonds is 5. The molecule has 0 radical (unpaired) electrons. The van der Waals surface area contributed by atoms with Gasteiger partial charge in [-0.3, -0.25) is 4.90 Å². The van der Waals surface area contributed by atoms with Crippen LogP contribution in [-0.4, -0.2) is 35.6 Å². The molecule has 3 rings (SSSR count). The van der Waals surface area contributed by atoms with E-state index in [9.17, 15) is 0 Å². The highest BCUT2D eigenvalue weighted by molar-refractivity contribution is 5.07. The third-order valence-electron chi connectivity index (χ3n) is 6.83. The van der Waals surface area contributed by atoms with E-state index >= 15 is 0 Å². The summed E-state index contributed by atoms with van der Waals surface area (Å²) in [4.78, 5) is 2.94. The number of hydrogen-bond donors (Lipinski definition) is 1. The van der Waals surface area contributed by atoms with Crippen molar-refractivity contribution in [3.63, 3.8) is 0 Å². The van der Waals surface area contributed by atoms with E-state index < -0.39 is 0 Å². The molecule has 1 aliphatic heterocycles. The van der Waals surface area contributed by atoms with Gasteiger partial charge in [-0.05, 0) is 57.3 Å². The van der Waals surface area contributed by atoms with E-state index in [2.05, 4.69) is 31.0 Å². The van der Waals surface area contributed by atoms with E-state index in [1.807, 2.05) is 0 Å². The van der Waals surface area contributed by atoms with E-state index in [1.54, 1.807) is 0 Å². The Morgan fingerprint density at radius 1 is 1.05 bits per heavy atom. The molecular weight excluding hydrogens is 256 g/mol.